The Morgan fingerprint density at radius 1 is 1.15 bits per heavy atom. The van der Waals surface area contributed by atoms with Crippen LogP contribution in [0, 0.1) is 6.92 Å². The Kier molecular flexibility index (Phi) is 7.44. The van der Waals surface area contributed by atoms with E-state index in [0.717, 1.165) is 6.07 Å². The number of hydrogen-bond acceptors (Lipinski definition) is 7. The zero-order valence-corrected chi connectivity index (χ0v) is 23.1. The number of benzene rings is 1. The number of rotatable bonds is 8. The number of nitrogens with one attached hydrogen (secondary N) is 1. The number of amides is 2. The minimum atomic E-state index is -4.77. The van der Waals surface area contributed by atoms with Crippen LogP contribution in [0.2, 0.25) is 5.02 Å². The van der Waals surface area contributed by atoms with Crippen LogP contribution >= 0.6 is 22.9 Å². The van der Waals surface area contributed by atoms with E-state index < -0.39 is 23.7 Å². The van der Waals surface area contributed by atoms with E-state index in [1.807, 2.05) is 6.92 Å². The van der Waals surface area contributed by atoms with Crippen LogP contribution < -0.4 is 15.8 Å². The summed E-state index contributed by atoms with van der Waals surface area (Å²) in [6.07, 6.45) is -1.97. The highest BCUT2D eigenvalue weighted by atomic mass is 35.5. The molecule has 5 rings (SSSR count). The van der Waals surface area contributed by atoms with Gasteiger partial charge in [0.15, 0.2) is 6.73 Å². The molecule has 0 atom stereocenters. The minimum absolute atomic E-state index is 0.0447. The van der Waals surface area contributed by atoms with Crippen molar-refractivity contribution in [3.05, 3.63) is 75.8 Å². The summed E-state index contributed by atoms with van der Waals surface area (Å²) in [5.41, 5.74) is 5.48. The molecule has 1 aromatic carbocycles. The fourth-order valence-electron chi connectivity index (χ4n) is 4.28. The van der Waals surface area contributed by atoms with E-state index in [2.05, 4.69) is 20.5 Å². The summed E-state index contributed by atoms with van der Waals surface area (Å²) >= 11 is 6.78. The van der Waals surface area contributed by atoms with Crippen LogP contribution in [0.15, 0.2) is 48.8 Å². The first-order chi connectivity index (χ1) is 19.5. The average molecular weight is 604 g/mol. The van der Waals surface area contributed by atoms with E-state index in [4.69, 9.17) is 22.1 Å². The molecule has 0 spiro atoms. The molecule has 0 aliphatic heterocycles. The largest absolute Gasteiger partial charge is 0.470 e. The van der Waals surface area contributed by atoms with Crippen molar-refractivity contribution in [3.8, 4) is 16.9 Å². The van der Waals surface area contributed by atoms with E-state index in [-0.39, 0.29) is 38.8 Å². The number of aryl methyl sites for hydroxylation is 1. The lowest BCUT2D eigenvalue weighted by molar-refractivity contribution is -0.140. The van der Waals surface area contributed by atoms with E-state index in [1.165, 1.54) is 23.1 Å². The van der Waals surface area contributed by atoms with Crippen LogP contribution in [0.25, 0.3) is 21.3 Å². The predicted molar refractivity (Wildman–Crippen MR) is 147 cm³/mol. The molecule has 0 fully saturated rings. The molecule has 4 aromatic heterocycles. The molecule has 212 valence electrons. The molecule has 0 unspecified atom stereocenters. The molecule has 5 aromatic rings. The van der Waals surface area contributed by atoms with Crippen LogP contribution in [-0.2, 0) is 19.5 Å². The lowest BCUT2D eigenvalue weighted by Gasteiger charge is -2.13. The summed E-state index contributed by atoms with van der Waals surface area (Å²) in [7, 11) is 0. The lowest BCUT2D eigenvalue weighted by Crippen LogP contribution is -2.21. The van der Waals surface area contributed by atoms with Crippen molar-refractivity contribution < 1.29 is 27.5 Å². The number of hydrogen-bond donors (Lipinski definition) is 2. The Morgan fingerprint density at radius 2 is 1.90 bits per heavy atom. The standard InChI is InChI=1S/C26H21ClF3N7O3S/c1-3-36-13(2)15(11-33-36)14-10-19(26(28,29)30)34-25-20(14)21(22(41-25)23(31)38)35-24(39)17-8-9-32-37(17)12-40-18-7-5-4-6-16(18)27/h4-11H,3,12H2,1-2H3,(H2,31,38)(H,35,39). The first kappa shape index (κ1) is 28.1. The second-order valence-electron chi connectivity index (χ2n) is 8.74. The number of nitrogens with zero attached hydrogens (tertiary/aromatic N) is 5. The van der Waals surface area contributed by atoms with Gasteiger partial charge in [-0.05, 0) is 43.7 Å². The number of halogens is 4. The van der Waals surface area contributed by atoms with Crippen LogP contribution in [0.4, 0.5) is 18.9 Å². The molecule has 0 bridgehead atoms. The van der Waals surface area contributed by atoms with Crippen molar-refractivity contribution in [3.63, 3.8) is 0 Å². The number of carbonyl (C=O) groups excluding carboxylic acids is 2. The highest BCUT2D eigenvalue weighted by Crippen LogP contribution is 2.44. The maximum atomic E-state index is 13.8. The molecular weight excluding hydrogens is 583 g/mol. The number of carbonyl (C=O) groups is 2. The third kappa shape index (κ3) is 5.35. The second-order valence-corrected chi connectivity index (χ2v) is 10.1. The number of primary amides is 1. The third-order valence-electron chi connectivity index (χ3n) is 6.24. The van der Waals surface area contributed by atoms with Gasteiger partial charge in [0.2, 0.25) is 0 Å². The summed E-state index contributed by atoms with van der Waals surface area (Å²) in [6.45, 7) is 3.85. The summed E-state index contributed by atoms with van der Waals surface area (Å²) in [4.78, 5) is 29.4. The van der Waals surface area contributed by atoms with Crippen molar-refractivity contribution in [1.82, 2.24) is 24.5 Å². The first-order valence-corrected chi connectivity index (χ1v) is 13.3. The van der Waals surface area contributed by atoms with Gasteiger partial charge in [-0.1, -0.05) is 23.7 Å². The Bertz CT molecular complexity index is 1790. The van der Waals surface area contributed by atoms with E-state index >= 15 is 0 Å². The number of alkyl halides is 3. The number of anilines is 1. The van der Waals surface area contributed by atoms with Gasteiger partial charge in [0.1, 0.15) is 26.8 Å². The van der Waals surface area contributed by atoms with Gasteiger partial charge in [-0.3, -0.25) is 14.3 Å². The number of aromatic nitrogens is 5. The Hall–Kier alpha value is -4.43. The van der Waals surface area contributed by atoms with Crippen molar-refractivity contribution >= 4 is 50.7 Å². The van der Waals surface area contributed by atoms with Crippen LogP contribution in [0.1, 0.15) is 38.5 Å². The van der Waals surface area contributed by atoms with Gasteiger partial charge in [-0.15, -0.1) is 11.3 Å². The molecule has 0 aliphatic carbocycles. The molecule has 0 radical (unpaired) electrons. The number of para-hydroxylation sites is 1. The van der Waals surface area contributed by atoms with Gasteiger partial charge in [-0.2, -0.15) is 23.4 Å². The number of pyridine rings is 1. The van der Waals surface area contributed by atoms with Crippen molar-refractivity contribution in [2.45, 2.75) is 33.3 Å². The summed E-state index contributed by atoms with van der Waals surface area (Å²) in [5, 5.41) is 11.5. The zero-order chi connectivity index (χ0) is 29.5. The van der Waals surface area contributed by atoms with Gasteiger partial charge in [0.25, 0.3) is 11.8 Å². The number of thiophene rings is 1. The van der Waals surface area contributed by atoms with Gasteiger partial charge in [0.05, 0.1) is 16.9 Å². The van der Waals surface area contributed by atoms with Crippen LogP contribution in [0.3, 0.4) is 0 Å². The molecule has 4 heterocycles. The Labute approximate surface area is 239 Å². The fraction of sp³-hybridized carbons (Fsp3) is 0.192. The van der Waals surface area contributed by atoms with Crippen molar-refractivity contribution in [1.29, 1.82) is 0 Å². The van der Waals surface area contributed by atoms with Gasteiger partial charge >= 0.3 is 6.18 Å². The molecule has 10 nitrogen and oxygen atoms in total. The first-order valence-electron chi connectivity index (χ1n) is 12.1. The summed E-state index contributed by atoms with van der Waals surface area (Å²) in [6, 6.07) is 9.05. The highest BCUT2D eigenvalue weighted by Gasteiger charge is 2.35. The number of ether oxygens (including phenoxy) is 1. The van der Waals surface area contributed by atoms with Crippen molar-refractivity contribution in [2.24, 2.45) is 5.73 Å². The molecule has 3 N–H and O–H groups in total. The van der Waals surface area contributed by atoms with Gasteiger partial charge in [-0.25, -0.2) is 9.67 Å². The minimum Gasteiger partial charge on any atom is -0.470 e. The fourth-order valence-corrected chi connectivity index (χ4v) is 5.47. The number of nitrogens with two attached hydrogens (primary N) is 1. The maximum absolute atomic E-state index is 13.8. The van der Waals surface area contributed by atoms with Crippen molar-refractivity contribution in [2.75, 3.05) is 5.32 Å². The highest BCUT2D eigenvalue weighted by molar-refractivity contribution is 7.21. The summed E-state index contributed by atoms with van der Waals surface area (Å²) in [5.74, 6) is -1.28. The number of fused-ring (bicyclic) bond motifs is 1. The Morgan fingerprint density at radius 3 is 2.56 bits per heavy atom. The summed E-state index contributed by atoms with van der Waals surface area (Å²) < 4.78 is 50.1. The molecular formula is C26H21ClF3N7O3S. The van der Waals surface area contributed by atoms with Crippen LogP contribution in [0.5, 0.6) is 5.75 Å². The van der Waals surface area contributed by atoms with E-state index in [0.29, 0.717) is 39.9 Å². The molecule has 0 saturated carbocycles. The molecule has 0 aliphatic rings. The van der Waals surface area contributed by atoms with Crippen LogP contribution in [-0.4, -0.2) is 36.4 Å². The second kappa shape index (κ2) is 10.9. The SMILES string of the molecule is CCn1ncc(-c2cc(C(F)(F)F)nc3sc(C(N)=O)c(NC(=O)c4ccnn4COc4ccccc4Cl)c23)c1C. The zero-order valence-electron chi connectivity index (χ0n) is 21.5. The molecule has 0 saturated heterocycles. The maximum Gasteiger partial charge on any atom is 0.433 e. The predicted octanol–water partition coefficient (Wildman–Crippen LogP) is 5.74. The topological polar surface area (TPSA) is 130 Å². The quantitative estimate of drug-likeness (QED) is 0.232. The Balaban J connectivity index is 1.60. The van der Waals surface area contributed by atoms with E-state index in [9.17, 15) is 22.8 Å². The monoisotopic (exact) mass is 603 g/mol. The third-order valence-corrected chi connectivity index (χ3v) is 7.65. The average Bonchev–Trinajstić information content (AvgIpc) is 3.64. The lowest BCUT2D eigenvalue weighted by atomic mass is 10.0. The molecule has 41 heavy (non-hydrogen) atoms. The van der Waals surface area contributed by atoms with Gasteiger partial charge < -0.3 is 15.8 Å². The molecule has 2 amide bonds. The molecule has 15 heteroatoms. The normalized spacial score (nSPS) is 11.7. The smallest absolute Gasteiger partial charge is 0.433 e. The van der Waals surface area contributed by atoms with E-state index in [1.54, 1.807) is 35.9 Å². The van der Waals surface area contributed by atoms with Gasteiger partial charge in [0, 0.05) is 29.4 Å².